The van der Waals surface area contributed by atoms with Gasteiger partial charge in [0.05, 0.1) is 5.75 Å². The maximum atomic E-state index is 11.8. The maximum Gasteiger partial charge on any atom is 0.211 e. The molecule has 0 radical (unpaired) electrons. The minimum absolute atomic E-state index is 0.0546. The molecule has 0 saturated carbocycles. The van der Waals surface area contributed by atoms with Gasteiger partial charge in [-0.25, -0.2) is 13.1 Å². The van der Waals surface area contributed by atoms with Crippen molar-refractivity contribution in [3.05, 3.63) is 0 Å². The van der Waals surface area contributed by atoms with E-state index in [1.54, 1.807) is 0 Å². The minimum Gasteiger partial charge on any atom is -0.309 e. The molecule has 1 aliphatic rings. The maximum absolute atomic E-state index is 11.8. The van der Waals surface area contributed by atoms with Crippen LogP contribution in [-0.2, 0) is 10.0 Å². The van der Waals surface area contributed by atoms with E-state index in [4.69, 9.17) is 0 Å². The molecule has 1 aliphatic heterocycles. The first kappa shape index (κ1) is 14.9. The summed E-state index contributed by atoms with van der Waals surface area (Å²) in [5, 5.41) is 0. The van der Waals surface area contributed by atoms with Gasteiger partial charge in [0.15, 0.2) is 0 Å². The molecule has 0 aromatic heterocycles. The van der Waals surface area contributed by atoms with Gasteiger partial charge in [-0.15, -0.1) is 0 Å². The molecule has 1 fully saturated rings. The lowest BCUT2D eigenvalue weighted by atomic mass is 10.0. The Balaban J connectivity index is 2.61. The summed E-state index contributed by atoms with van der Waals surface area (Å²) in [6.45, 7) is 4.57. The van der Waals surface area contributed by atoms with Crippen molar-refractivity contribution < 1.29 is 8.42 Å². The van der Waals surface area contributed by atoms with E-state index in [1.807, 2.05) is 28.1 Å². The van der Waals surface area contributed by atoms with Crippen LogP contribution in [0.15, 0.2) is 0 Å². The van der Waals surface area contributed by atoms with Gasteiger partial charge in [-0.3, -0.25) is 0 Å². The van der Waals surface area contributed by atoms with E-state index in [9.17, 15) is 8.42 Å². The van der Waals surface area contributed by atoms with Crippen molar-refractivity contribution in [1.29, 1.82) is 0 Å². The van der Waals surface area contributed by atoms with E-state index in [-0.39, 0.29) is 11.8 Å². The van der Waals surface area contributed by atoms with Gasteiger partial charge in [0.2, 0.25) is 10.0 Å². The average molecular weight is 263 g/mol. The summed E-state index contributed by atoms with van der Waals surface area (Å²) in [7, 11) is 2.98. The van der Waals surface area contributed by atoms with Crippen LogP contribution >= 0.6 is 0 Å². The van der Waals surface area contributed by atoms with Crippen LogP contribution in [-0.4, -0.2) is 70.8 Å². The summed E-state index contributed by atoms with van der Waals surface area (Å²) in [5.41, 5.74) is 0. The second kappa shape index (κ2) is 6.13. The first-order valence-corrected chi connectivity index (χ1v) is 7.82. The predicted octanol–water partition coefficient (Wildman–Crippen LogP) is -0.192. The molecule has 1 heterocycles. The molecule has 0 aromatic carbocycles. The number of nitrogens with zero attached hydrogens (tertiary/aromatic N) is 2. The molecule has 0 unspecified atom stereocenters. The Morgan fingerprint density at radius 1 is 1.35 bits per heavy atom. The first-order valence-electron chi connectivity index (χ1n) is 6.17. The summed E-state index contributed by atoms with van der Waals surface area (Å²) < 4.78 is 26.4. The van der Waals surface area contributed by atoms with Gasteiger partial charge in [0, 0.05) is 31.6 Å². The lowest BCUT2D eigenvalue weighted by Gasteiger charge is -2.22. The number of rotatable bonds is 6. The van der Waals surface area contributed by atoms with Crippen LogP contribution in [0.3, 0.4) is 0 Å². The highest BCUT2D eigenvalue weighted by atomic mass is 32.2. The van der Waals surface area contributed by atoms with Crippen molar-refractivity contribution >= 4 is 10.0 Å². The normalized spacial score (nSPS) is 26.9. The van der Waals surface area contributed by atoms with Crippen molar-refractivity contribution in [3.63, 3.8) is 0 Å². The third-order valence-electron chi connectivity index (χ3n) is 3.03. The zero-order chi connectivity index (χ0) is 13.1. The summed E-state index contributed by atoms with van der Waals surface area (Å²) in [5.74, 6) is 0.601. The molecule has 0 spiro atoms. The molecule has 1 rings (SSSR count). The Kier molecular flexibility index (Phi) is 5.37. The Bertz CT molecular complexity index is 330. The topological polar surface area (TPSA) is 52.7 Å². The fourth-order valence-corrected chi connectivity index (χ4v) is 3.82. The SMILES string of the molecule is CCCS(=O)(=O)N[C@@H]1CN(C)C[C@H]1CN(C)C. The van der Waals surface area contributed by atoms with E-state index in [2.05, 4.69) is 14.5 Å². The minimum atomic E-state index is -3.10. The van der Waals surface area contributed by atoms with Gasteiger partial charge < -0.3 is 9.80 Å². The Morgan fingerprint density at radius 2 is 2.00 bits per heavy atom. The number of hydrogen-bond acceptors (Lipinski definition) is 4. The second-order valence-electron chi connectivity index (χ2n) is 5.29. The summed E-state index contributed by atoms with van der Waals surface area (Å²) in [4.78, 5) is 4.30. The van der Waals surface area contributed by atoms with Gasteiger partial charge in [0.1, 0.15) is 0 Å². The number of nitrogens with one attached hydrogen (secondary N) is 1. The Hall–Kier alpha value is -0.170. The molecule has 2 atom stereocenters. The quantitative estimate of drug-likeness (QED) is 0.721. The zero-order valence-corrected chi connectivity index (χ0v) is 12.1. The van der Waals surface area contributed by atoms with Gasteiger partial charge in [-0.05, 0) is 27.6 Å². The van der Waals surface area contributed by atoms with E-state index < -0.39 is 10.0 Å². The lowest BCUT2D eigenvalue weighted by molar-refractivity contribution is 0.304. The predicted molar refractivity (Wildman–Crippen MR) is 70.5 cm³/mol. The molecular formula is C11H25N3O2S. The standard InChI is InChI=1S/C11H25N3O2S/c1-5-6-17(15,16)12-11-9-14(4)8-10(11)7-13(2)3/h10-12H,5-9H2,1-4H3/t10-,11-/m1/s1. The van der Waals surface area contributed by atoms with E-state index in [0.29, 0.717) is 12.3 Å². The largest absolute Gasteiger partial charge is 0.309 e. The summed E-state index contributed by atoms with van der Waals surface area (Å²) >= 11 is 0. The number of hydrogen-bond donors (Lipinski definition) is 1. The number of sulfonamides is 1. The molecule has 5 nitrogen and oxygen atoms in total. The number of likely N-dealkylation sites (N-methyl/N-ethyl adjacent to an activating group) is 1. The molecule has 0 aromatic rings. The third-order valence-corrected chi connectivity index (χ3v) is 4.63. The van der Waals surface area contributed by atoms with E-state index in [1.165, 1.54) is 0 Å². The highest BCUT2D eigenvalue weighted by Gasteiger charge is 2.33. The van der Waals surface area contributed by atoms with E-state index >= 15 is 0 Å². The summed E-state index contributed by atoms with van der Waals surface area (Å²) in [6.07, 6.45) is 0.663. The fraction of sp³-hybridized carbons (Fsp3) is 1.00. The molecule has 6 heteroatoms. The average Bonchev–Trinajstić information content (AvgIpc) is 2.43. The molecule has 0 aliphatic carbocycles. The summed E-state index contributed by atoms with van der Waals surface area (Å²) in [6, 6.07) is 0.0546. The molecule has 102 valence electrons. The molecule has 17 heavy (non-hydrogen) atoms. The molecule has 0 amide bonds. The smallest absolute Gasteiger partial charge is 0.211 e. The molecule has 1 N–H and O–H groups in total. The van der Waals surface area contributed by atoms with Gasteiger partial charge >= 0.3 is 0 Å². The monoisotopic (exact) mass is 263 g/mol. The van der Waals surface area contributed by atoms with Crippen LogP contribution in [0.4, 0.5) is 0 Å². The Morgan fingerprint density at radius 3 is 2.53 bits per heavy atom. The van der Waals surface area contributed by atoms with Gasteiger partial charge in [-0.2, -0.15) is 0 Å². The first-order chi connectivity index (χ1) is 7.84. The van der Waals surface area contributed by atoms with Gasteiger partial charge in [0.25, 0.3) is 0 Å². The van der Waals surface area contributed by atoms with Crippen molar-refractivity contribution in [2.75, 3.05) is 46.5 Å². The van der Waals surface area contributed by atoms with Crippen LogP contribution < -0.4 is 4.72 Å². The van der Waals surface area contributed by atoms with Crippen LogP contribution in [0.5, 0.6) is 0 Å². The van der Waals surface area contributed by atoms with Crippen molar-refractivity contribution in [3.8, 4) is 0 Å². The highest BCUT2D eigenvalue weighted by molar-refractivity contribution is 7.89. The Labute approximate surface area is 105 Å². The highest BCUT2D eigenvalue weighted by Crippen LogP contribution is 2.17. The fourth-order valence-electron chi connectivity index (χ4n) is 2.43. The molecular weight excluding hydrogens is 238 g/mol. The van der Waals surface area contributed by atoms with Crippen LogP contribution in [0.2, 0.25) is 0 Å². The zero-order valence-electron chi connectivity index (χ0n) is 11.3. The van der Waals surface area contributed by atoms with Crippen molar-refractivity contribution in [2.24, 2.45) is 5.92 Å². The molecule has 0 bridgehead atoms. The van der Waals surface area contributed by atoms with Crippen molar-refractivity contribution in [2.45, 2.75) is 19.4 Å². The van der Waals surface area contributed by atoms with Crippen LogP contribution in [0.1, 0.15) is 13.3 Å². The van der Waals surface area contributed by atoms with Crippen LogP contribution in [0, 0.1) is 5.92 Å². The van der Waals surface area contributed by atoms with Gasteiger partial charge in [-0.1, -0.05) is 6.92 Å². The molecule has 1 saturated heterocycles. The lowest BCUT2D eigenvalue weighted by Crippen LogP contribution is -2.44. The second-order valence-corrected chi connectivity index (χ2v) is 7.16. The number of likely N-dealkylation sites (tertiary alicyclic amines) is 1. The van der Waals surface area contributed by atoms with Crippen molar-refractivity contribution in [1.82, 2.24) is 14.5 Å². The third kappa shape index (κ3) is 4.91. The van der Waals surface area contributed by atoms with Crippen LogP contribution in [0.25, 0.3) is 0 Å². The van der Waals surface area contributed by atoms with E-state index in [0.717, 1.165) is 19.6 Å².